The predicted molar refractivity (Wildman–Crippen MR) is 71.6 cm³/mol. The molecule has 1 aromatic heterocycles. The molecule has 1 aromatic rings. The Kier molecular flexibility index (Phi) is 2.85. The van der Waals surface area contributed by atoms with Gasteiger partial charge in [-0.25, -0.2) is 4.98 Å². The number of amides is 2. The summed E-state index contributed by atoms with van der Waals surface area (Å²) < 4.78 is 0. The first-order valence-electron chi connectivity index (χ1n) is 6.57. The van der Waals surface area contributed by atoms with Gasteiger partial charge in [-0.3, -0.25) is 9.59 Å². The summed E-state index contributed by atoms with van der Waals surface area (Å²) >= 11 is 1.33. The molecule has 5 nitrogen and oxygen atoms in total. The number of rotatable bonds is 3. The maximum atomic E-state index is 12.2. The van der Waals surface area contributed by atoms with Crippen LogP contribution in [0, 0.1) is 5.41 Å². The zero-order valence-electron chi connectivity index (χ0n) is 10.6. The number of primary amides is 1. The van der Waals surface area contributed by atoms with E-state index in [2.05, 4.69) is 10.3 Å². The monoisotopic (exact) mass is 279 g/mol. The summed E-state index contributed by atoms with van der Waals surface area (Å²) in [6.45, 7) is 0. The summed E-state index contributed by atoms with van der Waals surface area (Å²) in [5.41, 5.74) is 4.91. The van der Waals surface area contributed by atoms with Gasteiger partial charge in [-0.05, 0) is 32.1 Å². The molecule has 1 heterocycles. The summed E-state index contributed by atoms with van der Waals surface area (Å²) in [5, 5.41) is 5.38. The zero-order valence-corrected chi connectivity index (χ0v) is 11.5. The van der Waals surface area contributed by atoms with E-state index in [1.165, 1.54) is 11.3 Å². The molecule has 3 rings (SSSR count). The van der Waals surface area contributed by atoms with Crippen LogP contribution < -0.4 is 11.1 Å². The third kappa shape index (κ3) is 2.04. The highest BCUT2D eigenvalue weighted by Crippen LogP contribution is 2.53. The van der Waals surface area contributed by atoms with E-state index in [4.69, 9.17) is 5.73 Å². The van der Waals surface area contributed by atoms with Gasteiger partial charge in [0.2, 0.25) is 5.91 Å². The van der Waals surface area contributed by atoms with Crippen molar-refractivity contribution in [2.75, 3.05) is 0 Å². The number of nitrogens with zero attached hydrogens (tertiary/aromatic N) is 1. The fourth-order valence-corrected chi connectivity index (χ4v) is 4.16. The van der Waals surface area contributed by atoms with Crippen molar-refractivity contribution in [1.82, 2.24) is 10.3 Å². The molecule has 2 aliphatic carbocycles. The second kappa shape index (κ2) is 4.30. The average molecular weight is 279 g/mol. The molecular weight excluding hydrogens is 262 g/mol. The van der Waals surface area contributed by atoms with Crippen molar-refractivity contribution in [1.29, 1.82) is 0 Å². The minimum absolute atomic E-state index is 0.128. The van der Waals surface area contributed by atoms with Crippen LogP contribution in [0.3, 0.4) is 0 Å². The molecule has 0 spiro atoms. The van der Waals surface area contributed by atoms with Gasteiger partial charge in [0.25, 0.3) is 5.91 Å². The van der Waals surface area contributed by atoms with Crippen LogP contribution in [0.25, 0.3) is 0 Å². The second-order valence-corrected chi connectivity index (χ2v) is 6.64. The van der Waals surface area contributed by atoms with Gasteiger partial charge in [-0.15, -0.1) is 11.3 Å². The van der Waals surface area contributed by atoms with Gasteiger partial charge in [0, 0.05) is 17.1 Å². The molecule has 102 valence electrons. The summed E-state index contributed by atoms with van der Waals surface area (Å²) in [6, 6.07) is 0. The maximum absolute atomic E-state index is 12.2. The number of nitrogens with two attached hydrogens (primary N) is 1. The molecular formula is C13H17N3O2S. The summed E-state index contributed by atoms with van der Waals surface area (Å²) in [4.78, 5) is 27.9. The third-order valence-electron chi connectivity index (χ3n) is 4.60. The van der Waals surface area contributed by atoms with Crippen LogP contribution in [-0.4, -0.2) is 22.3 Å². The lowest BCUT2D eigenvalue weighted by Gasteiger charge is -2.38. The molecule has 2 atom stereocenters. The van der Waals surface area contributed by atoms with E-state index in [-0.39, 0.29) is 17.4 Å². The first-order valence-corrected chi connectivity index (χ1v) is 7.45. The highest BCUT2D eigenvalue weighted by atomic mass is 32.1. The van der Waals surface area contributed by atoms with Crippen molar-refractivity contribution >= 4 is 23.2 Å². The number of aromatic nitrogens is 1. The standard InChI is InChI=1S/C13H17N3O2S/c14-11(18)12-2-1-3-13(8-12,5-4-12)16-9(17)10-15-6-7-19-10/h6-7H,1-5,8H2,(H2,14,18)(H,16,17)/t12-,13+/m0/s1. The Bertz CT molecular complexity index is 516. The Labute approximate surface area is 115 Å². The zero-order chi connectivity index (χ0) is 13.5. The van der Waals surface area contributed by atoms with Crippen molar-refractivity contribution in [3.05, 3.63) is 16.6 Å². The quantitative estimate of drug-likeness (QED) is 0.878. The van der Waals surface area contributed by atoms with E-state index < -0.39 is 5.41 Å². The predicted octanol–water partition coefficient (Wildman–Crippen LogP) is 1.45. The molecule has 2 bridgehead atoms. The topological polar surface area (TPSA) is 85.1 Å². The first kappa shape index (κ1) is 12.6. The van der Waals surface area contributed by atoms with Crippen LogP contribution in [-0.2, 0) is 4.79 Å². The van der Waals surface area contributed by atoms with Crippen molar-refractivity contribution in [2.45, 2.75) is 44.1 Å². The molecule has 3 N–H and O–H groups in total. The van der Waals surface area contributed by atoms with Gasteiger partial charge in [-0.1, -0.05) is 6.42 Å². The van der Waals surface area contributed by atoms with Gasteiger partial charge in [0.1, 0.15) is 0 Å². The Morgan fingerprint density at radius 1 is 1.32 bits per heavy atom. The number of carbonyl (C=O) groups is 2. The van der Waals surface area contributed by atoms with Gasteiger partial charge in [0.05, 0.1) is 5.41 Å². The molecule has 2 amide bonds. The summed E-state index contributed by atoms with van der Waals surface area (Å²) in [5.74, 6) is -0.338. The first-order chi connectivity index (χ1) is 9.05. The summed E-state index contributed by atoms with van der Waals surface area (Å²) in [7, 11) is 0. The average Bonchev–Trinajstić information content (AvgIpc) is 2.97. The number of thiazole rings is 1. The van der Waals surface area contributed by atoms with Gasteiger partial charge in [0.15, 0.2) is 5.01 Å². The summed E-state index contributed by atoms with van der Waals surface area (Å²) in [6.07, 6.45) is 6.68. The lowest BCUT2D eigenvalue weighted by atomic mass is 9.72. The van der Waals surface area contributed by atoms with Gasteiger partial charge < -0.3 is 11.1 Å². The molecule has 19 heavy (non-hydrogen) atoms. The van der Waals surface area contributed by atoms with Crippen LogP contribution in [0.15, 0.2) is 11.6 Å². The normalized spacial score (nSPS) is 33.1. The van der Waals surface area contributed by atoms with Crippen LogP contribution in [0.5, 0.6) is 0 Å². The molecule has 0 aliphatic heterocycles. The fraction of sp³-hybridized carbons (Fsp3) is 0.615. The fourth-order valence-electron chi connectivity index (χ4n) is 3.63. The molecule has 0 aromatic carbocycles. The van der Waals surface area contributed by atoms with Crippen molar-refractivity contribution in [3.8, 4) is 0 Å². The number of hydrogen-bond donors (Lipinski definition) is 2. The van der Waals surface area contributed by atoms with Crippen molar-refractivity contribution < 1.29 is 9.59 Å². The molecule has 2 fully saturated rings. The minimum atomic E-state index is -0.394. The third-order valence-corrected chi connectivity index (χ3v) is 5.37. The molecule has 0 saturated heterocycles. The Hall–Kier alpha value is -1.43. The minimum Gasteiger partial charge on any atom is -0.369 e. The van der Waals surface area contributed by atoms with Crippen molar-refractivity contribution in [2.24, 2.45) is 11.1 Å². The van der Waals surface area contributed by atoms with E-state index in [9.17, 15) is 9.59 Å². The van der Waals surface area contributed by atoms with Gasteiger partial charge >= 0.3 is 0 Å². The lowest BCUT2D eigenvalue weighted by molar-refractivity contribution is -0.128. The lowest BCUT2D eigenvalue weighted by Crippen LogP contribution is -2.51. The number of fused-ring (bicyclic) bond motifs is 2. The number of hydrogen-bond acceptors (Lipinski definition) is 4. The highest BCUT2D eigenvalue weighted by molar-refractivity contribution is 7.11. The Balaban J connectivity index is 1.78. The molecule has 2 aliphatic rings. The molecule has 2 saturated carbocycles. The van der Waals surface area contributed by atoms with Crippen molar-refractivity contribution in [3.63, 3.8) is 0 Å². The molecule has 0 unspecified atom stereocenters. The van der Waals surface area contributed by atoms with E-state index in [0.717, 1.165) is 32.1 Å². The van der Waals surface area contributed by atoms with E-state index >= 15 is 0 Å². The van der Waals surface area contributed by atoms with Gasteiger partial charge in [-0.2, -0.15) is 0 Å². The van der Waals surface area contributed by atoms with E-state index in [1.807, 2.05) is 0 Å². The second-order valence-electron chi connectivity index (χ2n) is 5.75. The SMILES string of the molecule is NC(=O)[C@@]12CCC[C@@](NC(=O)c3nccs3)(CC1)C2. The van der Waals surface area contributed by atoms with E-state index in [0.29, 0.717) is 11.4 Å². The van der Waals surface area contributed by atoms with Crippen LogP contribution >= 0.6 is 11.3 Å². The molecule has 6 heteroatoms. The number of nitrogens with one attached hydrogen (secondary N) is 1. The molecule has 0 radical (unpaired) electrons. The smallest absolute Gasteiger partial charge is 0.280 e. The van der Waals surface area contributed by atoms with Crippen LogP contribution in [0.1, 0.15) is 48.3 Å². The maximum Gasteiger partial charge on any atom is 0.280 e. The Morgan fingerprint density at radius 2 is 2.16 bits per heavy atom. The number of carbonyl (C=O) groups excluding carboxylic acids is 2. The highest BCUT2D eigenvalue weighted by Gasteiger charge is 2.54. The van der Waals surface area contributed by atoms with Crippen LogP contribution in [0.4, 0.5) is 0 Å². The largest absolute Gasteiger partial charge is 0.369 e. The van der Waals surface area contributed by atoms with E-state index in [1.54, 1.807) is 11.6 Å². The van der Waals surface area contributed by atoms with Crippen LogP contribution in [0.2, 0.25) is 0 Å². The Morgan fingerprint density at radius 3 is 2.84 bits per heavy atom.